The van der Waals surface area contributed by atoms with Gasteiger partial charge in [-0.05, 0) is 40.2 Å². The van der Waals surface area contributed by atoms with Crippen LogP contribution < -0.4 is 4.74 Å². The molecule has 5 heteroatoms. The van der Waals surface area contributed by atoms with Gasteiger partial charge in [-0.1, -0.05) is 0 Å². The minimum absolute atomic E-state index is 0.453. The van der Waals surface area contributed by atoms with Gasteiger partial charge in [0.1, 0.15) is 17.5 Å². The van der Waals surface area contributed by atoms with Crippen LogP contribution in [0.1, 0.15) is 17.5 Å². The number of aromatic nitrogens is 2. The van der Waals surface area contributed by atoms with Crippen molar-refractivity contribution in [2.75, 3.05) is 7.11 Å². The predicted octanol–water partition coefficient (Wildman–Crippen LogP) is 2.33. The molecular formula is C12H11BrN2O2. The summed E-state index contributed by atoms with van der Waals surface area (Å²) in [5.41, 5.74) is 0.971. The largest absolute Gasteiger partial charge is 0.495 e. The quantitative estimate of drug-likeness (QED) is 0.944. The molecule has 0 bridgehead atoms. The second-order valence-electron chi connectivity index (χ2n) is 3.36. The number of hydrogen-bond donors (Lipinski definition) is 1. The molecule has 0 aromatic carbocycles. The van der Waals surface area contributed by atoms with Crippen molar-refractivity contribution >= 4 is 15.9 Å². The number of methoxy groups -OCH3 is 1. The zero-order chi connectivity index (χ0) is 12.3. The highest BCUT2D eigenvalue weighted by Crippen LogP contribution is 2.30. The second-order valence-corrected chi connectivity index (χ2v) is 4.22. The third-order valence-electron chi connectivity index (χ3n) is 2.32. The first kappa shape index (κ1) is 12.0. The molecule has 1 N–H and O–H groups in total. The van der Waals surface area contributed by atoms with Crippen LogP contribution >= 0.6 is 15.9 Å². The van der Waals surface area contributed by atoms with Gasteiger partial charge < -0.3 is 9.84 Å². The van der Waals surface area contributed by atoms with Crippen molar-refractivity contribution < 1.29 is 9.84 Å². The molecule has 2 aromatic rings. The monoisotopic (exact) mass is 294 g/mol. The lowest BCUT2D eigenvalue weighted by Gasteiger charge is -2.13. The normalized spacial score (nSPS) is 12.2. The van der Waals surface area contributed by atoms with Gasteiger partial charge in [-0.15, -0.1) is 0 Å². The average Bonchev–Trinajstić information content (AvgIpc) is 2.38. The lowest BCUT2D eigenvalue weighted by atomic mass is 10.1. The lowest BCUT2D eigenvalue weighted by Crippen LogP contribution is -2.07. The van der Waals surface area contributed by atoms with Crippen LogP contribution in [-0.2, 0) is 0 Å². The van der Waals surface area contributed by atoms with Crippen molar-refractivity contribution in [2.45, 2.75) is 6.10 Å². The van der Waals surface area contributed by atoms with Gasteiger partial charge in [0, 0.05) is 16.9 Å². The Hall–Kier alpha value is -1.46. The Balaban J connectivity index is 2.44. The molecule has 2 rings (SSSR count). The summed E-state index contributed by atoms with van der Waals surface area (Å²) in [7, 11) is 1.54. The Labute approximate surface area is 107 Å². The molecule has 0 aliphatic rings. The molecule has 4 nitrogen and oxygen atoms in total. The van der Waals surface area contributed by atoms with Gasteiger partial charge in [0.25, 0.3) is 0 Å². The molecule has 1 atom stereocenters. The zero-order valence-corrected chi connectivity index (χ0v) is 10.8. The summed E-state index contributed by atoms with van der Waals surface area (Å²) in [6.45, 7) is 0. The Morgan fingerprint density at radius 3 is 2.47 bits per heavy atom. The molecule has 0 radical (unpaired) electrons. The maximum atomic E-state index is 10.2. The third-order valence-corrected chi connectivity index (χ3v) is 3.00. The molecule has 0 aliphatic heterocycles. The van der Waals surface area contributed by atoms with Crippen LogP contribution in [0.25, 0.3) is 0 Å². The predicted molar refractivity (Wildman–Crippen MR) is 66.8 cm³/mol. The summed E-state index contributed by atoms with van der Waals surface area (Å²) in [4.78, 5) is 8.27. The molecular weight excluding hydrogens is 284 g/mol. The van der Waals surface area contributed by atoms with Crippen molar-refractivity contribution in [1.82, 2.24) is 9.97 Å². The molecule has 1 unspecified atom stereocenters. The van der Waals surface area contributed by atoms with E-state index in [1.807, 2.05) is 6.07 Å². The molecule has 2 heterocycles. The molecule has 0 aliphatic carbocycles. The van der Waals surface area contributed by atoms with Crippen LogP contribution in [0.3, 0.4) is 0 Å². The van der Waals surface area contributed by atoms with Gasteiger partial charge in [0.2, 0.25) is 0 Å². The summed E-state index contributed by atoms with van der Waals surface area (Å²) in [5.74, 6) is 0.539. The fourth-order valence-corrected chi connectivity index (χ4v) is 1.98. The van der Waals surface area contributed by atoms with Crippen LogP contribution in [0.15, 0.2) is 41.1 Å². The highest BCUT2D eigenvalue weighted by molar-refractivity contribution is 9.10. The smallest absolute Gasteiger partial charge is 0.143 e. The van der Waals surface area contributed by atoms with Crippen molar-refractivity contribution in [3.63, 3.8) is 0 Å². The van der Waals surface area contributed by atoms with Crippen LogP contribution in [0, 0.1) is 0 Å². The van der Waals surface area contributed by atoms with E-state index >= 15 is 0 Å². The first-order valence-electron chi connectivity index (χ1n) is 5.01. The molecule has 17 heavy (non-hydrogen) atoms. The van der Waals surface area contributed by atoms with E-state index in [0.29, 0.717) is 17.1 Å². The molecule has 0 saturated carbocycles. The molecule has 2 aromatic heterocycles. The van der Waals surface area contributed by atoms with E-state index < -0.39 is 6.10 Å². The second kappa shape index (κ2) is 5.25. The number of rotatable bonds is 3. The van der Waals surface area contributed by atoms with Crippen molar-refractivity contribution in [3.05, 3.63) is 52.5 Å². The SMILES string of the molecule is COc1cccnc1C(O)c1ncccc1Br. The number of aliphatic hydroxyl groups is 1. The van der Waals surface area contributed by atoms with E-state index in [1.54, 1.807) is 37.7 Å². The van der Waals surface area contributed by atoms with Crippen LogP contribution in [0.2, 0.25) is 0 Å². The number of ether oxygens (including phenoxy) is 1. The summed E-state index contributed by atoms with van der Waals surface area (Å²) < 4.78 is 5.90. The highest BCUT2D eigenvalue weighted by Gasteiger charge is 2.19. The number of nitrogens with zero attached hydrogens (tertiary/aromatic N) is 2. The minimum Gasteiger partial charge on any atom is -0.495 e. The molecule has 0 saturated heterocycles. The average molecular weight is 295 g/mol. The lowest BCUT2D eigenvalue weighted by molar-refractivity contribution is 0.203. The number of halogens is 1. The van der Waals surface area contributed by atoms with Crippen molar-refractivity contribution in [3.8, 4) is 5.75 Å². The zero-order valence-electron chi connectivity index (χ0n) is 9.17. The van der Waals surface area contributed by atoms with E-state index in [0.717, 1.165) is 4.47 Å². The van der Waals surface area contributed by atoms with Crippen molar-refractivity contribution in [1.29, 1.82) is 0 Å². The first-order chi connectivity index (χ1) is 8.24. The third kappa shape index (κ3) is 2.45. The number of aliphatic hydroxyl groups excluding tert-OH is 1. The molecule has 88 valence electrons. The van der Waals surface area contributed by atoms with Crippen LogP contribution in [-0.4, -0.2) is 22.2 Å². The number of pyridine rings is 2. The van der Waals surface area contributed by atoms with Gasteiger partial charge in [0.05, 0.1) is 12.8 Å². The number of hydrogen-bond acceptors (Lipinski definition) is 4. The van der Waals surface area contributed by atoms with E-state index in [4.69, 9.17) is 4.74 Å². The van der Waals surface area contributed by atoms with E-state index in [2.05, 4.69) is 25.9 Å². The topological polar surface area (TPSA) is 55.2 Å². The van der Waals surface area contributed by atoms with E-state index in [1.165, 1.54) is 0 Å². The van der Waals surface area contributed by atoms with Gasteiger partial charge in [-0.2, -0.15) is 0 Å². The standard InChI is InChI=1S/C12H11BrN2O2/c1-17-9-5-3-7-15-11(9)12(16)10-8(13)4-2-6-14-10/h2-7,12,16H,1H3. The van der Waals surface area contributed by atoms with Gasteiger partial charge >= 0.3 is 0 Å². The molecule has 0 spiro atoms. The molecule has 0 fully saturated rings. The van der Waals surface area contributed by atoms with Gasteiger partial charge in [0.15, 0.2) is 0 Å². The fraction of sp³-hybridized carbons (Fsp3) is 0.167. The van der Waals surface area contributed by atoms with Crippen LogP contribution in [0.5, 0.6) is 5.75 Å². The van der Waals surface area contributed by atoms with E-state index in [9.17, 15) is 5.11 Å². The van der Waals surface area contributed by atoms with Gasteiger partial charge in [-0.3, -0.25) is 9.97 Å². The summed E-state index contributed by atoms with van der Waals surface area (Å²) in [6.07, 6.45) is 2.32. The van der Waals surface area contributed by atoms with Gasteiger partial charge in [-0.25, -0.2) is 0 Å². The Morgan fingerprint density at radius 2 is 1.82 bits per heavy atom. The van der Waals surface area contributed by atoms with Crippen molar-refractivity contribution in [2.24, 2.45) is 0 Å². The first-order valence-corrected chi connectivity index (χ1v) is 5.80. The minimum atomic E-state index is -0.915. The Kier molecular flexibility index (Phi) is 3.71. The maximum absolute atomic E-state index is 10.2. The molecule has 0 amide bonds. The summed E-state index contributed by atoms with van der Waals surface area (Å²) >= 11 is 3.35. The Morgan fingerprint density at radius 1 is 1.18 bits per heavy atom. The summed E-state index contributed by atoms with van der Waals surface area (Å²) in [5, 5.41) is 10.2. The Bertz CT molecular complexity index is 519. The van der Waals surface area contributed by atoms with Crippen LogP contribution in [0.4, 0.5) is 0 Å². The summed E-state index contributed by atoms with van der Waals surface area (Å²) in [6, 6.07) is 7.11. The van der Waals surface area contributed by atoms with E-state index in [-0.39, 0.29) is 0 Å². The highest BCUT2D eigenvalue weighted by atomic mass is 79.9. The fourth-order valence-electron chi connectivity index (χ4n) is 1.51. The maximum Gasteiger partial charge on any atom is 0.143 e.